The van der Waals surface area contributed by atoms with Gasteiger partial charge in [-0.05, 0) is 74.7 Å². The number of hydrogen-bond donors (Lipinski definition) is 2. The van der Waals surface area contributed by atoms with Gasteiger partial charge in [-0.1, -0.05) is 12.1 Å². The van der Waals surface area contributed by atoms with Gasteiger partial charge in [0, 0.05) is 29.9 Å². The molecule has 0 bridgehead atoms. The molecule has 1 amide bonds. The molecular formula is C28H30F5N3O3. The zero-order valence-corrected chi connectivity index (χ0v) is 21.7. The molecule has 0 fully saturated rings. The summed E-state index contributed by atoms with van der Waals surface area (Å²) in [6.07, 6.45) is -3.54. The van der Waals surface area contributed by atoms with Crippen molar-refractivity contribution < 1.29 is 36.2 Å². The quantitative estimate of drug-likeness (QED) is 0.230. The van der Waals surface area contributed by atoms with Crippen LogP contribution >= 0.6 is 0 Å². The molecule has 0 aliphatic carbocycles. The Kier molecular flexibility index (Phi) is 9.36. The van der Waals surface area contributed by atoms with Crippen molar-refractivity contribution in [2.45, 2.75) is 50.9 Å². The number of nitrogen functional groups attached to an aromatic ring is 1. The van der Waals surface area contributed by atoms with Crippen LogP contribution in [0.2, 0.25) is 0 Å². The number of alkyl halides is 4. The van der Waals surface area contributed by atoms with Crippen molar-refractivity contribution in [1.29, 1.82) is 0 Å². The molecule has 2 unspecified atom stereocenters. The van der Waals surface area contributed by atoms with Crippen molar-refractivity contribution in [3.05, 3.63) is 83.3 Å². The summed E-state index contributed by atoms with van der Waals surface area (Å²) in [5.74, 6) is -1.16. The summed E-state index contributed by atoms with van der Waals surface area (Å²) in [6.45, 7) is 3.98. The van der Waals surface area contributed by atoms with E-state index < -0.39 is 47.7 Å². The summed E-state index contributed by atoms with van der Waals surface area (Å²) in [7, 11) is 0. The normalized spacial score (nSPS) is 13.4. The zero-order chi connectivity index (χ0) is 28.8. The molecule has 2 aromatic carbocycles. The van der Waals surface area contributed by atoms with E-state index in [2.05, 4.69) is 10.3 Å². The topological polar surface area (TPSA) is 86.5 Å². The minimum Gasteiger partial charge on any atom is -0.491 e. The molecule has 0 spiro atoms. The third-order valence-corrected chi connectivity index (χ3v) is 6.03. The monoisotopic (exact) mass is 551 g/mol. The lowest BCUT2D eigenvalue weighted by Gasteiger charge is -2.31. The average Bonchev–Trinajstić information content (AvgIpc) is 2.85. The van der Waals surface area contributed by atoms with Crippen molar-refractivity contribution in [3.8, 4) is 11.6 Å². The highest BCUT2D eigenvalue weighted by atomic mass is 19.4. The predicted molar refractivity (Wildman–Crippen MR) is 137 cm³/mol. The van der Waals surface area contributed by atoms with E-state index in [4.69, 9.17) is 15.2 Å². The molecular weight excluding hydrogens is 521 g/mol. The van der Waals surface area contributed by atoms with Gasteiger partial charge in [0.15, 0.2) is 5.60 Å². The summed E-state index contributed by atoms with van der Waals surface area (Å²) < 4.78 is 76.0. The molecule has 3 aromatic rings. The van der Waals surface area contributed by atoms with Crippen LogP contribution in [0.4, 0.5) is 27.6 Å². The van der Waals surface area contributed by atoms with Crippen LogP contribution < -0.4 is 20.5 Å². The van der Waals surface area contributed by atoms with Gasteiger partial charge in [0.25, 0.3) is 5.91 Å². The van der Waals surface area contributed by atoms with Crippen molar-refractivity contribution in [3.63, 3.8) is 0 Å². The molecule has 2 atom stereocenters. The van der Waals surface area contributed by atoms with Gasteiger partial charge in [0.2, 0.25) is 5.88 Å². The SMILES string of the molecule is CC(NC(=O)C(C)(C)Oc1ccc(C(F)(F)F)cn1)C(Cc1ccc(OCCF)cc1)c1cc(N)cc(F)c1. The highest BCUT2D eigenvalue weighted by Gasteiger charge is 2.35. The van der Waals surface area contributed by atoms with Gasteiger partial charge >= 0.3 is 6.18 Å². The molecule has 3 N–H and O–H groups in total. The van der Waals surface area contributed by atoms with Gasteiger partial charge in [-0.3, -0.25) is 4.79 Å². The average molecular weight is 552 g/mol. The maximum Gasteiger partial charge on any atom is 0.417 e. The standard InChI is InChI=1S/C28H30F5N3O3/c1-17(36-26(37)27(2,3)39-25-9-6-20(16-35-25)28(31,32)33)24(19-13-21(30)15-22(34)14-19)12-18-4-7-23(8-5-18)38-11-10-29/h4-9,13-17,24H,10-12,34H2,1-3H3,(H,36,37). The van der Waals surface area contributed by atoms with E-state index in [1.807, 2.05) is 0 Å². The maximum absolute atomic E-state index is 14.2. The molecule has 0 saturated carbocycles. The first-order valence-corrected chi connectivity index (χ1v) is 12.2. The van der Waals surface area contributed by atoms with Crippen LogP contribution in [0.25, 0.3) is 0 Å². The molecule has 0 radical (unpaired) electrons. The number of nitrogens with one attached hydrogen (secondary N) is 1. The van der Waals surface area contributed by atoms with Crippen molar-refractivity contribution in [1.82, 2.24) is 10.3 Å². The van der Waals surface area contributed by atoms with Gasteiger partial charge in [0.1, 0.15) is 24.8 Å². The van der Waals surface area contributed by atoms with E-state index in [0.29, 0.717) is 23.9 Å². The zero-order valence-electron chi connectivity index (χ0n) is 21.7. The molecule has 11 heteroatoms. The van der Waals surface area contributed by atoms with Crippen LogP contribution in [0.1, 0.15) is 43.4 Å². The number of hydrogen-bond acceptors (Lipinski definition) is 5. The van der Waals surface area contributed by atoms with Crippen LogP contribution in [0.15, 0.2) is 60.8 Å². The van der Waals surface area contributed by atoms with Crippen LogP contribution in [0.3, 0.4) is 0 Å². The van der Waals surface area contributed by atoms with Gasteiger partial charge in [-0.25, -0.2) is 13.8 Å². The Labute approximate surface area is 223 Å². The first-order valence-electron chi connectivity index (χ1n) is 12.2. The fourth-order valence-corrected chi connectivity index (χ4v) is 3.96. The molecule has 3 rings (SSSR count). The molecule has 1 heterocycles. The molecule has 0 saturated heterocycles. The molecule has 1 aromatic heterocycles. The summed E-state index contributed by atoms with van der Waals surface area (Å²) in [4.78, 5) is 16.8. The molecule has 0 aliphatic heterocycles. The van der Waals surface area contributed by atoms with Crippen LogP contribution in [0, 0.1) is 5.82 Å². The molecule has 39 heavy (non-hydrogen) atoms. The van der Waals surface area contributed by atoms with Crippen molar-refractivity contribution in [2.24, 2.45) is 0 Å². The van der Waals surface area contributed by atoms with E-state index in [1.165, 1.54) is 26.0 Å². The fraction of sp³-hybridized carbons (Fsp3) is 0.357. The summed E-state index contributed by atoms with van der Waals surface area (Å²) >= 11 is 0. The Morgan fingerprint density at radius 2 is 1.77 bits per heavy atom. The molecule has 6 nitrogen and oxygen atoms in total. The smallest absolute Gasteiger partial charge is 0.417 e. The summed E-state index contributed by atoms with van der Waals surface area (Å²) in [6, 6.07) is 12.4. The van der Waals surface area contributed by atoms with Gasteiger partial charge in [0.05, 0.1) is 5.56 Å². The third-order valence-electron chi connectivity index (χ3n) is 6.03. The fourth-order valence-electron chi connectivity index (χ4n) is 3.96. The number of ether oxygens (including phenoxy) is 2. The molecule has 0 aliphatic rings. The second kappa shape index (κ2) is 12.3. The van der Waals surface area contributed by atoms with Crippen LogP contribution in [-0.2, 0) is 17.4 Å². The number of nitrogens with two attached hydrogens (primary N) is 1. The van der Waals surface area contributed by atoms with E-state index >= 15 is 0 Å². The lowest BCUT2D eigenvalue weighted by Crippen LogP contribution is -2.51. The number of halogens is 5. The Morgan fingerprint density at radius 1 is 1.08 bits per heavy atom. The summed E-state index contributed by atoms with van der Waals surface area (Å²) in [5, 5.41) is 2.87. The number of anilines is 1. The van der Waals surface area contributed by atoms with E-state index in [0.717, 1.165) is 17.7 Å². The van der Waals surface area contributed by atoms with Crippen molar-refractivity contribution in [2.75, 3.05) is 19.0 Å². The minimum absolute atomic E-state index is 0.0620. The van der Waals surface area contributed by atoms with E-state index in [-0.39, 0.29) is 18.2 Å². The number of nitrogens with zero attached hydrogens (tertiary/aromatic N) is 1. The Hall–Kier alpha value is -3.89. The van der Waals surface area contributed by atoms with Crippen LogP contribution in [0.5, 0.6) is 11.6 Å². The minimum atomic E-state index is -4.55. The first-order chi connectivity index (χ1) is 18.3. The number of pyridine rings is 1. The predicted octanol–water partition coefficient (Wildman–Crippen LogP) is 5.86. The van der Waals surface area contributed by atoms with Crippen LogP contribution in [-0.4, -0.2) is 35.8 Å². The number of carbonyl (C=O) groups excluding carboxylic acids is 1. The second-order valence-corrected chi connectivity index (χ2v) is 9.57. The van der Waals surface area contributed by atoms with E-state index in [9.17, 15) is 26.7 Å². The highest BCUT2D eigenvalue weighted by molar-refractivity contribution is 5.85. The van der Waals surface area contributed by atoms with E-state index in [1.54, 1.807) is 37.3 Å². The number of benzene rings is 2. The number of amides is 1. The molecule has 210 valence electrons. The lowest BCUT2D eigenvalue weighted by molar-refractivity contribution is -0.138. The summed E-state index contributed by atoms with van der Waals surface area (Å²) in [5.41, 5.74) is 5.07. The Morgan fingerprint density at radius 3 is 2.33 bits per heavy atom. The second-order valence-electron chi connectivity index (χ2n) is 9.57. The number of carbonyl (C=O) groups is 1. The highest BCUT2D eigenvalue weighted by Crippen LogP contribution is 2.31. The number of rotatable bonds is 11. The first kappa shape index (κ1) is 29.7. The lowest BCUT2D eigenvalue weighted by atomic mass is 9.86. The Bertz CT molecular complexity index is 1230. The maximum atomic E-state index is 14.2. The van der Waals surface area contributed by atoms with Gasteiger partial charge < -0.3 is 20.5 Å². The van der Waals surface area contributed by atoms with Gasteiger partial charge in [-0.15, -0.1) is 0 Å². The van der Waals surface area contributed by atoms with Crippen molar-refractivity contribution >= 4 is 11.6 Å². The largest absolute Gasteiger partial charge is 0.491 e. The Balaban J connectivity index is 1.78. The van der Waals surface area contributed by atoms with Gasteiger partial charge in [-0.2, -0.15) is 13.2 Å². The third kappa shape index (κ3) is 8.30. The number of aromatic nitrogens is 1.